The van der Waals surface area contributed by atoms with Crippen LogP contribution < -0.4 is 10.4 Å². The lowest BCUT2D eigenvalue weighted by molar-refractivity contribution is 0.218. The number of piperidine rings is 1. The van der Waals surface area contributed by atoms with Crippen LogP contribution in [-0.4, -0.2) is 35.3 Å². The number of methoxy groups -OCH3 is 1. The van der Waals surface area contributed by atoms with Gasteiger partial charge in [-0.1, -0.05) is 24.6 Å². The highest BCUT2D eigenvalue weighted by Crippen LogP contribution is 2.40. The summed E-state index contributed by atoms with van der Waals surface area (Å²) in [7, 11) is 1.51. The number of ether oxygens (including phenoxy) is 1. The van der Waals surface area contributed by atoms with Crippen molar-refractivity contribution in [3.8, 4) is 28.4 Å². The molecular formula is C22H23NO5. The van der Waals surface area contributed by atoms with Crippen LogP contribution in [0, 0.1) is 0 Å². The molecule has 6 nitrogen and oxygen atoms in total. The van der Waals surface area contributed by atoms with Gasteiger partial charge in [-0.15, -0.1) is 0 Å². The van der Waals surface area contributed by atoms with Crippen LogP contribution in [0.15, 0.2) is 45.6 Å². The Bertz CT molecular complexity index is 1070. The Hall–Kier alpha value is -2.99. The summed E-state index contributed by atoms with van der Waals surface area (Å²) in [6.45, 7) is 2.34. The Kier molecular flexibility index (Phi) is 4.96. The topological polar surface area (TPSA) is 83.1 Å². The molecule has 1 saturated heterocycles. The second kappa shape index (κ2) is 7.56. The van der Waals surface area contributed by atoms with Crippen LogP contribution in [0.2, 0.25) is 0 Å². The largest absolute Gasteiger partial charge is 0.507 e. The van der Waals surface area contributed by atoms with E-state index in [1.54, 1.807) is 30.3 Å². The van der Waals surface area contributed by atoms with Crippen molar-refractivity contribution in [2.75, 3.05) is 20.2 Å². The number of fused-ring (bicyclic) bond motifs is 1. The summed E-state index contributed by atoms with van der Waals surface area (Å²) in [5, 5.41) is 21.7. The summed E-state index contributed by atoms with van der Waals surface area (Å²) in [4.78, 5) is 15.0. The molecule has 2 N–H and O–H groups in total. The Morgan fingerprint density at radius 3 is 2.57 bits per heavy atom. The van der Waals surface area contributed by atoms with Crippen molar-refractivity contribution < 1.29 is 19.4 Å². The Labute approximate surface area is 162 Å². The minimum Gasteiger partial charge on any atom is -0.507 e. The number of aromatic hydroxyl groups is 2. The van der Waals surface area contributed by atoms with E-state index in [9.17, 15) is 15.0 Å². The van der Waals surface area contributed by atoms with E-state index in [1.165, 1.54) is 19.6 Å². The lowest BCUT2D eigenvalue weighted by atomic mass is 10.0. The van der Waals surface area contributed by atoms with Crippen LogP contribution in [0.4, 0.5) is 0 Å². The average molecular weight is 381 g/mol. The SMILES string of the molecule is COc1ccccc1-c1c(O)c2ccc(O)c(CN3CCCCC3)c2oc1=O. The third-order valence-corrected chi connectivity index (χ3v) is 5.33. The smallest absolute Gasteiger partial charge is 0.348 e. The summed E-state index contributed by atoms with van der Waals surface area (Å²) in [6.07, 6.45) is 3.42. The van der Waals surface area contributed by atoms with E-state index >= 15 is 0 Å². The predicted molar refractivity (Wildman–Crippen MR) is 107 cm³/mol. The molecule has 2 aromatic carbocycles. The van der Waals surface area contributed by atoms with E-state index < -0.39 is 5.63 Å². The monoisotopic (exact) mass is 381 g/mol. The van der Waals surface area contributed by atoms with Crippen molar-refractivity contribution in [1.82, 2.24) is 4.90 Å². The number of benzene rings is 2. The van der Waals surface area contributed by atoms with Crippen molar-refractivity contribution >= 4 is 11.0 Å². The third kappa shape index (κ3) is 3.20. The van der Waals surface area contributed by atoms with Gasteiger partial charge in [-0.2, -0.15) is 0 Å². The predicted octanol–water partition coefficient (Wildman–Crippen LogP) is 3.87. The van der Waals surface area contributed by atoms with Gasteiger partial charge in [0.15, 0.2) is 0 Å². The zero-order valence-electron chi connectivity index (χ0n) is 15.8. The van der Waals surface area contributed by atoms with Crippen LogP contribution in [0.1, 0.15) is 24.8 Å². The summed E-state index contributed by atoms with van der Waals surface area (Å²) in [5.74, 6) is 0.359. The van der Waals surface area contributed by atoms with Crippen LogP contribution in [0.25, 0.3) is 22.1 Å². The Morgan fingerprint density at radius 1 is 1.07 bits per heavy atom. The molecular weight excluding hydrogens is 358 g/mol. The molecule has 0 radical (unpaired) electrons. The molecule has 0 aliphatic carbocycles. The molecule has 1 aliphatic heterocycles. The van der Waals surface area contributed by atoms with E-state index in [-0.39, 0.29) is 22.6 Å². The number of hydrogen-bond acceptors (Lipinski definition) is 6. The molecule has 146 valence electrons. The zero-order chi connectivity index (χ0) is 19.7. The Morgan fingerprint density at radius 2 is 1.82 bits per heavy atom. The van der Waals surface area contributed by atoms with Crippen LogP contribution >= 0.6 is 0 Å². The van der Waals surface area contributed by atoms with Crippen molar-refractivity contribution in [1.29, 1.82) is 0 Å². The van der Waals surface area contributed by atoms with Crippen LogP contribution in [-0.2, 0) is 6.54 Å². The first kappa shape index (κ1) is 18.4. The number of rotatable bonds is 4. The molecule has 1 fully saturated rings. The van der Waals surface area contributed by atoms with Gasteiger partial charge in [-0.3, -0.25) is 4.90 Å². The fraction of sp³-hybridized carbons (Fsp3) is 0.318. The molecule has 1 aliphatic rings. The highest BCUT2D eigenvalue weighted by molar-refractivity contribution is 5.93. The molecule has 4 rings (SSSR count). The molecule has 0 amide bonds. The van der Waals surface area contributed by atoms with Gasteiger partial charge >= 0.3 is 5.63 Å². The first-order chi connectivity index (χ1) is 13.6. The first-order valence-electron chi connectivity index (χ1n) is 9.46. The molecule has 0 bridgehead atoms. The van der Waals surface area contributed by atoms with Crippen molar-refractivity contribution in [3.63, 3.8) is 0 Å². The van der Waals surface area contributed by atoms with Crippen molar-refractivity contribution in [3.05, 3.63) is 52.4 Å². The van der Waals surface area contributed by atoms with Gasteiger partial charge in [0.1, 0.15) is 28.4 Å². The first-order valence-corrected chi connectivity index (χ1v) is 9.46. The zero-order valence-corrected chi connectivity index (χ0v) is 15.8. The number of phenolic OH excluding ortho intramolecular Hbond substituents is 1. The van der Waals surface area contributed by atoms with Gasteiger partial charge in [0.25, 0.3) is 0 Å². The number of phenols is 1. The van der Waals surface area contributed by atoms with Gasteiger partial charge in [-0.05, 0) is 44.1 Å². The van der Waals surface area contributed by atoms with Crippen LogP contribution in [0.5, 0.6) is 17.2 Å². The summed E-state index contributed by atoms with van der Waals surface area (Å²) < 4.78 is 11.0. The maximum atomic E-state index is 12.8. The van der Waals surface area contributed by atoms with E-state index in [0.29, 0.717) is 28.8 Å². The van der Waals surface area contributed by atoms with Gasteiger partial charge in [0, 0.05) is 12.1 Å². The highest BCUT2D eigenvalue weighted by Gasteiger charge is 2.23. The number of likely N-dealkylation sites (tertiary alicyclic amines) is 1. The maximum absolute atomic E-state index is 12.8. The van der Waals surface area contributed by atoms with E-state index in [0.717, 1.165) is 25.9 Å². The molecule has 0 spiro atoms. The van der Waals surface area contributed by atoms with Crippen LogP contribution in [0.3, 0.4) is 0 Å². The van der Waals surface area contributed by atoms with Gasteiger partial charge in [0.05, 0.1) is 18.1 Å². The molecule has 1 aromatic heterocycles. The summed E-state index contributed by atoms with van der Waals surface area (Å²) >= 11 is 0. The second-order valence-corrected chi connectivity index (χ2v) is 7.09. The summed E-state index contributed by atoms with van der Waals surface area (Å²) in [5.41, 5.74) is 0.605. The fourth-order valence-electron chi connectivity index (χ4n) is 3.88. The normalized spacial score (nSPS) is 15.0. The van der Waals surface area contributed by atoms with Crippen molar-refractivity contribution in [2.24, 2.45) is 0 Å². The average Bonchev–Trinajstić information content (AvgIpc) is 2.71. The molecule has 6 heteroatoms. The molecule has 28 heavy (non-hydrogen) atoms. The minimum absolute atomic E-state index is 0.0552. The van der Waals surface area contributed by atoms with Gasteiger partial charge < -0.3 is 19.4 Å². The van der Waals surface area contributed by atoms with E-state index in [1.807, 2.05) is 0 Å². The standard InChI is InChI=1S/C22H23NO5/c1-27-18-8-4-3-7-14(18)19-20(25)15-9-10-17(24)16(21(15)28-22(19)26)13-23-11-5-2-6-12-23/h3-4,7-10,24-25H,2,5-6,11-13H2,1H3. The Balaban J connectivity index is 1.88. The minimum atomic E-state index is -0.667. The van der Waals surface area contributed by atoms with Gasteiger partial charge in [-0.25, -0.2) is 4.79 Å². The highest BCUT2D eigenvalue weighted by atomic mass is 16.5. The van der Waals surface area contributed by atoms with Crippen molar-refractivity contribution in [2.45, 2.75) is 25.8 Å². The molecule has 0 saturated carbocycles. The second-order valence-electron chi connectivity index (χ2n) is 7.09. The van der Waals surface area contributed by atoms with E-state index in [2.05, 4.69) is 4.90 Å². The lowest BCUT2D eigenvalue weighted by Gasteiger charge is -2.26. The molecule has 0 unspecified atom stereocenters. The lowest BCUT2D eigenvalue weighted by Crippen LogP contribution is -2.29. The molecule has 2 heterocycles. The number of nitrogens with zero attached hydrogens (tertiary/aromatic N) is 1. The number of para-hydroxylation sites is 1. The third-order valence-electron chi connectivity index (χ3n) is 5.33. The molecule has 3 aromatic rings. The summed E-state index contributed by atoms with van der Waals surface area (Å²) in [6, 6.07) is 10.1. The maximum Gasteiger partial charge on any atom is 0.348 e. The number of hydrogen-bond donors (Lipinski definition) is 2. The fourth-order valence-corrected chi connectivity index (χ4v) is 3.88. The quantitative estimate of drug-likeness (QED) is 0.668. The van der Waals surface area contributed by atoms with Gasteiger partial charge in [0.2, 0.25) is 0 Å². The molecule has 0 atom stereocenters. The van der Waals surface area contributed by atoms with E-state index in [4.69, 9.17) is 9.15 Å².